The van der Waals surface area contributed by atoms with Gasteiger partial charge in [-0.2, -0.15) is 0 Å². The number of hydrogen-bond acceptors (Lipinski definition) is 2. The largest absolute Gasteiger partial charge is 0.508 e. The highest BCUT2D eigenvalue weighted by Crippen LogP contribution is 2.24. The Kier molecular flexibility index (Phi) is 2.96. The molecular formula is C10H14N2O2. The number of anilines is 1. The van der Waals surface area contributed by atoms with Gasteiger partial charge in [0.15, 0.2) is 0 Å². The Morgan fingerprint density at radius 1 is 1.57 bits per heavy atom. The zero-order valence-electron chi connectivity index (χ0n) is 8.32. The monoisotopic (exact) mass is 194 g/mol. The second-order valence-corrected chi connectivity index (χ2v) is 3.05. The number of nitrogens with zero attached hydrogens (tertiary/aromatic N) is 1. The second-order valence-electron chi connectivity index (χ2n) is 3.05. The van der Waals surface area contributed by atoms with E-state index in [0.717, 1.165) is 5.56 Å². The number of amides is 2. The van der Waals surface area contributed by atoms with Crippen LogP contribution in [-0.2, 0) is 0 Å². The fourth-order valence-corrected chi connectivity index (χ4v) is 1.33. The molecule has 0 unspecified atom stereocenters. The molecule has 1 aromatic carbocycles. The van der Waals surface area contributed by atoms with Gasteiger partial charge in [-0.3, -0.25) is 4.90 Å². The lowest BCUT2D eigenvalue weighted by Gasteiger charge is -2.20. The molecule has 0 saturated carbocycles. The van der Waals surface area contributed by atoms with E-state index in [1.165, 1.54) is 11.0 Å². The standard InChI is InChI=1S/C10H14N2O2/c1-3-12(10(11)14)9-6-8(13)5-4-7(9)2/h4-6,13H,3H2,1-2H3,(H2,11,14). The SMILES string of the molecule is CCN(C(N)=O)c1cc(O)ccc1C. The molecule has 4 heteroatoms. The summed E-state index contributed by atoms with van der Waals surface area (Å²) in [5.41, 5.74) is 6.76. The number of hydrogen-bond donors (Lipinski definition) is 2. The van der Waals surface area contributed by atoms with Gasteiger partial charge >= 0.3 is 6.03 Å². The van der Waals surface area contributed by atoms with Crippen LogP contribution in [0.15, 0.2) is 18.2 Å². The van der Waals surface area contributed by atoms with Gasteiger partial charge in [0.1, 0.15) is 5.75 Å². The number of phenols is 1. The van der Waals surface area contributed by atoms with Gasteiger partial charge in [-0.25, -0.2) is 4.79 Å². The summed E-state index contributed by atoms with van der Waals surface area (Å²) in [6.07, 6.45) is 0. The van der Waals surface area contributed by atoms with Gasteiger partial charge < -0.3 is 10.8 Å². The lowest BCUT2D eigenvalue weighted by molar-refractivity contribution is 0.254. The summed E-state index contributed by atoms with van der Waals surface area (Å²) in [5, 5.41) is 9.28. The third-order valence-electron chi connectivity index (χ3n) is 2.07. The average Bonchev–Trinajstić information content (AvgIpc) is 2.11. The van der Waals surface area contributed by atoms with Crippen molar-refractivity contribution in [1.82, 2.24) is 0 Å². The summed E-state index contributed by atoms with van der Waals surface area (Å²) < 4.78 is 0. The molecule has 2 amide bonds. The molecule has 0 saturated heterocycles. The first-order valence-electron chi connectivity index (χ1n) is 4.42. The first kappa shape index (κ1) is 10.4. The number of nitrogens with two attached hydrogens (primary N) is 1. The van der Waals surface area contributed by atoms with Crippen LogP contribution in [-0.4, -0.2) is 17.7 Å². The molecule has 3 N–H and O–H groups in total. The molecule has 0 bridgehead atoms. The average molecular weight is 194 g/mol. The van der Waals surface area contributed by atoms with Gasteiger partial charge in [0.2, 0.25) is 0 Å². The van der Waals surface area contributed by atoms with Gasteiger partial charge in [0.25, 0.3) is 0 Å². The number of carbonyl (C=O) groups is 1. The quantitative estimate of drug-likeness (QED) is 0.751. The van der Waals surface area contributed by atoms with Crippen molar-refractivity contribution in [3.63, 3.8) is 0 Å². The van der Waals surface area contributed by atoms with E-state index in [0.29, 0.717) is 12.2 Å². The Morgan fingerprint density at radius 2 is 2.21 bits per heavy atom. The summed E-state index contributed by atoms with van der Waals surface area (Å²) in [6, 6.07) is 4.34. The van der Waals surface area contributed by atoms with Crippen LogP contribution in [0.1, 0.15) is 12.5 Å². The molecule has 0 aliphatic heterocycles. The molecule has 0 aliphatic rings. The van der Waals surface area contributed by atoms with E-state index in [9.17, 15) is 9.90 Å². The highest BCUT2D eigenvalue weighted by molar-refractivity contribution is 5.91. The Morgan fingerprint density at radius 3 is 2.71 bits per heavy atom. The lowest BCUT2D eigenvalue weighted by atomic mass is 10.1. The van der Waals surface area contributed by atoms with E-state index in [1.807, 2.05) is 13.8 Å². The summed E-state index contributed by atoms with van der Waals surface area (Å²) in [5.74, 6) is 0.130. The van der Waals surface area contributed by atoms with E-state index in [2.05, 4.69) is 0 Å². The number of carbonyl (C=O) groups excluding carboxylic acids is 1. The highest BCUT2D eigenvalue weighted by atomic mass is 16.3. The minimum absolute atomic E-state index is 0.130. The van der Waals surface area contributed by atoms with Crippen LogP contribution in [0.5, 0.6) is 5.75 Å². The Labute approximate surface area is 82.9 Å². The minimum Gasteiger partial charge on any atom is -0.508 e. The molecule has 1 aromatic rings. The maximum Gasteiger partial charge on any atom is 0.319 e. The number of primary amides is 1. The molecule has 0 aromatic heterocycles. The smallest absolute Gasteiger partial charge is 0.319 e. The van der Waals surface area contributed by atoms with Crippen molar-refractivity contribution in [1.29, 1.82) is 0 Å². The summed E-state index contributed by atoms with van der Waals surface area (Å²) in [6.45, 7) is 4.17. The van der Waals surface area contributed by atoms with Crippen molar-refractivity contribution < 1.29 is 9.90 Å². The number of benzene rings is 1. The van der Waals surface area contributed by atoms with Crippen LogP contribution < -0.4 is 10.6 Å². The van der Waals surface area contributed by atoms with Crippen LogP contribution in [0.4, 0.5) is 10.5 Å². The molecular weight excluding hydrogens is 180 g/mol. The predicted molar refractivity (Wildman–Crippen MR) is 55.4 cm³/mol. The molecule has 76 valence electrons. The van der Waals surface area contributed by atoms with Crippen LogP contribution in [0.2, 0.25) is 0 Å². The summed E-state index contributed by atoms with van der Waals surface area (Å²) in [4.78, 5) is 12.5. The van der Waals surface area contributed by atoms with Gasteiger partial charge in [0, 0.05) is 12.6 Å². The number of aryl methyl sites for hydroxylation is 1. The van der Waals surface area contributed by atoms with Gasteiger partial charge in [-0.05, 0) is 25.5 Å². The van der Waals surface area contributed by atoms with Crippen LogP contribution in [0.3, 0.4) is 0 Å². The third kappa shape index (κ3) is 1.96. The van der Waals surface area contributed by atoms with Crippen molar-refractivity contribution in [3.8, 4) is 5.75 Å². The van der Waals surface area contributed by atoms with Crippen molar-refractivity contribution in [2.24, 2.45) is 5.73 Å². The minimum atomic E-state index is -0.513. The Hall–Kier alpha value is -1.71. The molecule has 0 atom stereocenters. The predicted octanol–water partition coefficient (Wildman–Crippen LogP) is 1.61. The topological polar surface area (TPSA) is 66.6 Å². The molecule has 0 fully saturated rings. The number of urea groups is 1. The first-order chi connectivity index (χ1) is 6.56. The second kappa shape index (κ2) is 4.00. The van der Waals surface area contributed by atoms with Gasteiger partial charge in [-0.1, -0.05) is 6.07 Å². The Balaban J connectivity index is 3.15. The third-order valence-corrected chi connectivity index (χ3v) is 2.07. The van der Waals surface area contributed by atoms with E-state index in [-0.39, 0.29) is 5.75 Å². The van der Waals surface area contributed by atoms with Gasteiger partial charge in [0.05, 0.1) is 5.69 Å². The number of phenolic OH excluding ortho intramolecular Hbond substituents is 1. The lowest BCUT2D eigenvalue weighted by Crippen LogP contribution is -2.35. The Bertz CT molecular complexity index is 350. The molecule has 0 radical (unpaired) electrons. The van der Waals surface area contributed by atoms with E-state index in [1.54, 1.807) is 12.1 Å². The molecule has 0 heterocycles. The summed E-state index contributed by atoms with van der Waals surface area (Å²) in [7, 11) is 0. The molecule has 1 rings (SSSR count). The van der Waals surface area contributed by atoms with Gasteiger partial charge in [-0.15, -0.1) is 0 Å². The number of rotatable bonds is 2. The van der Waals surface area contributed by atoms with E-state index >= 15 is 0 Å². The first-order valence-corrected chi connectivity index (χ1v) is 4.42. The van der Waals surface area contributed by atoms with Crippen LogP contribution in [0, 0.1) is 6.92 Å². The normalized spacial score (nSPS) is 9.86. The van der Waals surface area contributed by atoms with E-state index in [4.69, 9.17) is 5.73 Å². The van der Waals surface area contributed by atoms with Crippen LogP contribution in [0.25, 0.3) is 0 Å². The maximum atomic E-state index is 11.1. The zero-order chi connectivity index (χ0) is 10.7. The fourth-order valence-electron chi connectivity index (χ4n) is 1.33. The zero-order valence-corrected chi connectivity index (χ0v) is 8.32. The molecule has 0 spiro atoms. The summed E-state index contributed by atoms with van der Waals surface area (Å²) >= 11 is 0. The van der Waals surface area contributed by atoms with Crippen LogP contribution >= 0.6 is 0 Å². The highest BCUT2D eigenvalue weighted by Gasteiger charge is 2.12. The van der Waals surface area contributed by atoms with E-state index < -0.39 is 6.03 Å². The molecule has 0 aliphatic carbocycles. The molecule has 4 nitrogen and oxygen atoms in total. The van der Waals surface area contributed by atoms with Crippen molar-refractivity contribution in [2.45, 2.75) is 13.8 Å². The molecule has 14 heavy (non-hydrogen) atoms. The fraction of sp³-hybridized carbons (Fsp3) is 0.300. The maximum absolute atomic E-state index is 11.1. The van der Waals surface area contributed by atoms with Crippen molar-refractivity contribution in [3.05, 3.63) is 23.8 Å². The van der Waals surface area contributed by atoms with Crippen molar-refractivity contribution in [2.75, 3.05) is 11.4 Å². The van der Waals surface area contributed by atoms with Crippen molar-refractivity contribution >= 4 is 11.7 Å². The number of aromatic hydroxyl groups is 1.